The molecule has 2 nitrogen and oxygen atoms in total. The van der Waals surface area contributed by atoms with E-state index in [1.807, 2.05) is 13.1 Å². The average Bonchev–Trinajstić information content (AvgIpc) is 2.74. The van der Waals surface area contributed by atoms with Crippen LogP contribution >= 0.6 is 0 Å². The van der Waals surface area contributed by atoms with E-state index in [1.165, 1.54) is 5.56 Å². The van der Waals surface area contributed by atoms with Gasteiger partial charge in [0.05, 0.1) is 0 Å². The number of nitrogens with zero attached hydrogens (tertiary/aromatic N) is 1. The Morgan fingerprint density at radius 1 is 1.21 bits per heavy atom. The van der Waals surface area contributed by atoms with Crippen LogP contribution in [0.25, 0.3) is 10.9 Å². The molecule has 0 atom stereocenters. The van der Waals surface area contributed by atoms with Crippen molar-refractivity contribution in [1.29, 1.82) is 0 Å². The van der Waals surface area contributed by atoms with Crippen molar-refractivity contribution >= 4 is 16.7 Å². The second kappa shape index (κ2) is 4.84. The largest absolute Gasteiger partial charge is 0.347 e. The van der Waals surface area contributed by atoms with Gasteiger partial charge in [-0.05, 0) is 30.0 Å². The highest BCUT2D eigenvalue weighted by Gasteiger charge is 2.18. The van der Waals surface area contributed by atoms with Crippen LogP contribution in [0.1, 0.15) is 57.0 Å². The number of carbonyl (C=O) groups is 1. The fourth-order valence-corrected chi connectivity index (χ4v) is 2.44. The first-order valence-electron chi connectivity index (χ1n) is 7.05. The van der Waals surface area contributed by atoms with Gasteiger partial charge >= 0.3 is 0 Å². The first kappa shape index (κ1) is 13.9. The Labute approximate surface area is 115 Å². The molecule has 1 aromatic heterocycles. The molecule has 2 rings (SSSR count). The van der Waals surface area contributed by atoms with E-state index in [0.29, 0.717) is 6.42 Å². The maximum Gasteiger partial charge on any atom is 0.164 e. The summed E-state index contributed by atoms with van der Waals surface area (Å²) in [4.78, 5) is 12.1. The number of hydrogen-bond donors (Lipinski definition) is 0. The zero-order valence-electron chi connectivity index (χ0n) is 12.6. The molecule has 0 bridgehead atoms. The van der Waals surface area contributed by atoms with Gasteiger partial charge in [0.2, 0.25) is 0 Å². The van der Waals surface area contributed by atoms with Crippen molar-refractivity contribution in [2.75, 3.05) is 0 Å². The molecule has 102 valence electrons. The molecule has 2 aromatic rings. The number of benzene rings is 1. The van der Waals surface area contributed by atoms with E-state index in [0.717, 1.165) is 23.0 Å². The van der Waals surface area contributed by atoms with Gasteiger partial charge in [0, 0.05) is 35.6 Å². The summed E-state index contributed by atoms with van der Waals surface area (Å²) in [6.45, 7) is 11.5. The fraction of sp³-hybridized carbons (Fsp3) is 0.471. The quantitative estimate of drug-likeness (QED) is 0.739. The summed E-state index contributed by atoms with van der Waals surface area (Å²) in [5.41, 5.74) is 3.41. The van der Waals surface area contributed by atoms with E-state index in [1.54, 1.807) is 0 Å². The van der Waals surface area contributed by atoms with Crippen LogP contribution in [0, 0.1) is 0 Å². The van der Waals surface area contributed by atoms with Gasteiger partial charge in [-0.1, -0.05) is 33.8 Å². The van der Waals surface area contributed by atoms with Crippen molar-refractivity contribution in [3.63, 3.8) is 0 Å². The third-order valence-electron chi connectivity index (χ3n) is 3.71. The van der Waals surface area contributed by atoms with Gasteiger partial charge in [0.25, 0.3) is 0 Å². The molecule has 19 heavy (non-hydrogen) atoms. The van der Waals surface area contributed by atoms with Gasteiger partial charge < -0.3 is 4.57 Å². The number of carbonyl (C=O) groups excluding carboxylic acids is 1. The fourth-order valence-electron chi connectivity index (χ4n) is 2.44. The number of Topliss-reactive ketones (excluding diaryl/α,β-unsaturated/α-hetero) is 1. The summed E-state index contributed by atoms with van der Waals surface area (Å²) in [7, 11) is 0. The molecular formula is C17H23NO. The molecule has 0 spiro atoms. The molecule has 0 radical (unpaired) electrons. The molecule has 0 aliphatic rings. The number of aromatic nitrogens is 1. The zero-order valence-corrected chi connectivity index (χ0v) is 12.6. The van der Waals surface area contributed by atoms with Crippen LogP contribution in [0.5, 0.6) is 0 Å². The van der Waals surface area contributed by atoms with Crippen molar-refractivity contribution in [2.24, 2.45) is 0 Å². The SMILES string of the molecule is CCC(=O)c1cn(CC)c2ccc(C(C)(C)C)cc12. The van der Waals surface area contributed by atoms with Gasteiger partial charge in [-0.15, -0.1) is 0 Å². The first-order chi connectivity index (χ1) is 8.88. The lowest BCUT2D eigenvalue weighted by atomic mass is 9.86. The van der Waals surface area contributed by atoms with E-state index >= 15 is 0 Å². The van der Waals surface area contributed by atoms with Crippen LogP contribution < -0.4 is 0 Å². The van der Waals surface area contributed by atoms with Gasteiger partial charge in [-0.25, -0.2) is 0 Å². The van der Waals surface area contributed by atoms with E-state index in [2.05, 4.69) is 50.5 Å². The van der Waals surface area contributed by atoms with Crippen LogP contribution in [0.15, 0.2) is 24.4 Å². The molecule has 0 N–H and O–H groups in total. The Hall–Kier alpha value is -1.57. The lowest BCUT2D eigenvalue weighted by Crippen LogP contribution is -2.10. The Morgan fingerprint density at radius 2 is 1.89 bits per heavy atom. The van der Waals surface area contributed by atoms with E-state index in [-0.39, 0.29) is 11.2 Å². The molecule has 0 amide bonds. The van der Waals surface area contributed by atoms with Gasteiger partial charge in [0.15, 0.2) is 5.78 Å². The third kappa shape index (κ3) is 2.44. The predicted octanol–water partition coefficient (Wildman–Crippen LogP) is 4.55. The minimum atomic E-state index is 0.106. The molecule has 1 heterocycles. The third-order valence-corrected chi connectivity index (χ3v) is 3.71. The summed E-state index contributed by atoms with van der Waals surface area (Å²) in [5, 5.41) is 1.10. The minimum Gasteiger partial charge on any atom is -0.347 e. The maximum absolute atomic E-state index is 12.1. The second-order valence-electron chi connectivity index (χ2n) is 6.09. The van der Waals surface area contributed by atoms with Gasteiger partial charge in [-0.3, -0.25) is 4.79 Å². The highest BCUT2D eigenvalue weighted by atomic mass is 16.1. The molecule has 0 aliphatic carbocycles. The molecular weight excluding hydrogens is 234 g/mol. The molecule has 2 heteroatoms. The van der Waals surface area contributed by atoms with E-state index in [4.69, 9.17) is 0 Å². The Morgan fingerprint density at radius 3 is 2.42 bits per heavy atom. The standard InChI is InChI=1S/C17H23NO/c1-6-16(19)14-11-18(7-2)15-9-8-12(10-13(14)15)17(3,4)5/h8-11H,6-7H2,1-5H3. The highest BCUT2D eigenvalue weighted by Crippen LogP contribution is 2.29. The summed E-state index contributed by atoms with van der Waals surface area (Å²) in [5.74, 6) is 0.225. The number of rotatable bonds is 3. The minimum absolute atomic E-state index is 0.106. The number of fused-ring (bicyclic) bond motifs is 1. The van der Waals surface area contributed by atoms with E-state index < -0.39 is 0 Å². The number of hydrogen-bond acceptors (Lipinski definition) is 1. The predicted molar refractivity (Wildman–Crippen MR) is 80.9 cm³/mol. The average molecular weight is 257 g/mol. The topological polar surface area (TPSA) is 22.0 Å². The molecule has 0 aliphatic heterocycles. The van der Waals surface area contributed by atoms with Crippen LogP contribution in [0.4, 0.5) is 0 Å². The number of aryl methyl sites for hydroxylation is 1. The lowest BCUT2D eigenvalue weighted by molar-refractivity contribution is 0.0989. The molecule has 0 unspecified atom stereocenters. The summed E-state index contributed by atoms with van der Waals surface area (Å²) >= 11 is 0. The monoisotopic (exact) mass is 257 g/mol. The van der Waals surface area contributed by atoms with Crippen molar-refractivity contribution in [1.82, 2.24) is 4.57 Å². The number of ketones is 1. The van der Waals surface area contributed by atoms with Crippen molar-refractivity contribution in [3.05, 3.63) is 35.5 Å². The molecule has 0 saturated heterocycles. The van der Waals surface area contributed by atoms with Crippen molar-refractivity contribution in [3.8, 4) is 0 Å². The summed E-state index contributed by atoms with van der Waals surface area (Å²) < 4.78 is 2.16. The Bertz CT molecular complexity index is 614. The highest BCUT2D eigenvalue weighted by molar-refractivity contribution is 6.08. The Kier molecular flexibility index (Phi) is 3.53. The van der Waals surface area contributed by atoms with Crippen LogP contribution in [0.2, 0.25) is 0 Å². The Balaban J connectivity index is 2.72. The molecule has 0 saturated carbocycles. The van der Waals surface area contributed by atoms with Crippen LogP contribution in [0.3, 0.4) is 0 Å². The van der Waals surface area contributed by atoms with Crippen molar-refractivity contribution < 1.29 is 4.79 Å². The maximum atomic E-state index is 12.1. The summed E-state index contributed by atoms with van der Waals surface area (Å²) in [6, 6.07) is 6.50. The van der Waals surface area contributed by atoms with Crippen molar-refractivity contribution in [2.45, 2.75) is 53.0 Å². The second-order valence-corrected chi connectivity index (χ2v) is 6.09. The first-order valence-corrected chi connectivity index (χ1v) is 7.05. The molecule has 0 fully saturated rings. The van der Waals surface area contributed by atoms with E-state index in [9.17, 15) is 4.79 Å². The van der Waals surface area contributed by atoms with Crippen LogP contribution in [-0.2, 0) is 12.0 Å². The van der Waals surface area contributed by atoms with Gasteiger partial charge in [-0.2, -0.15) is 0 Å². The molecule has 1 aromatic carbocycles. The normalized spacial score (nSPS) is 12.1. The summed E-state index contributed by atoms with van der Waals surface area (Å²) in [6.07, 6.45) is 2.56. The van der Waals surface area contributed by atoms with Gasteiger partial charge in [0.1, 0.15) is 0 Å². The smallest absolute Gasteiger partial charge is 0.164 e. The van der Waals surface area contributed by atoms with Crippen LogP contribution in [-0.4, -0.2) is 10.4 Å². The zero-order chi connectivity index (χ0) is 14.2. The lowest BCUT2D eigenvalue weighted by Gasteiger charge is -2.19.